The Morgan fingerprint density at radius 3 is 2.14 bits per heavy atom. The second-order valence-electron chi connectivity index (χ2n) is 9.59. The first kappa shape index (κ1) is 26.5. The van der Waals surface area contributed by atoms with Crippen LogP contribution in [0.25, 0.3) is 0 Å². The van der Waals surface area contributed by atoms with Gasteiger partial charge in [0.25, 0.3) is 0 Å². The molecule has 0 bridgehead atoms. The van der Waals surface area contributed by atoms with E-state index < -0.39 is 25.9 Å². The van der Waals surface area contributed by atoms with Crippen LogP contribution in [-0.2, 0) is 26.4 Å². The van der Waals surface area contributed by atoms with Gasteiger partial charge in [-0.15, -0.1) is 0 Å². The average Bonchev–Trinajstić information content (AvgIpc) is 2.84. The van der Waals surface area contributed by atoms with Gasteiger partial charge in [-0.1, -0.05) is 65.7 Å². The van der Waals surface area contributed by atoms with Crippen molar-refractivity contribution in [3.05, 3.63) is 95.6 Å². The molecule has 4 rings (SSSR count). The highest BCUT2D eigenvalue weighted by Gasteiger charge is 2.34. The van der Waals surface area contributed by atoms with Crippen molar-refractivity contribution in [1.29, 1.82) is 0 Å². The Morgan fingerprint density at radius 1 is 0.750 bits per heavy atom. The summed E-state index contributed by atoms with van der Waals surface area (Å²) in [4.78, 5) is 2.64. The summed E-state index contributed by atoms with van der Waals surface area (Å²) < 4.78 is 55.5. The van der Waals surface area contributed by atoms with Gasteiger partial charge in [-0.05, 0) is 63.1 Å². The van der Waals surface area contributed by atoms with Crippen molar-refractivity contribution < 1.29 is 16.8 Å². The van der Waals surface area contributed by atoms with E-state index in [-0.39, 0.29) is 22.1 Å². The van der Waals surface area contributed by atoms with Crippen LogP contribution in [-0.4, -0.2) is 57.5 Å². The van der Waals surface area contributed by atoms with Crippen LogP contribution < -0.4 is 0 Å². The van der Waals surface area contributed by atoms with Crippen LogP contribution in [0.5, 0.6) is 0 Å². The zero-order chi connectivity index (χ0) is 25.8. The molecule has 0 amide bonds. The number of sulfonamides is 1. The molecule has 1 aliphatic heterocycles. The van der Waals surface area contributed by atoms with Crippen molar-refractivity contribution in [1.82, 2.24) is 9.21 Å². The lowest BCUT2D eigenvalue weighted by molar-refractivity contribution is 0.155. The third-order valence-electron chi connectivity index (χ3n) is 6.67. The van der Waals surface area contributed by atoms with Crippen molar-refractivity contribution in [2.75, 3.05) is 25.4 Å². The van der Waals surface area contributed by atoms with E-state index in [4.69, 9.17) is 0 Å². The summed E-state index contributed by atoms with van der Waals surface area (Å²) in [5.41, 5.74) is 3.21. The fourth-order valence-electron chi connectivity index (χ4n) is 4.69. The summed E-state index contributed by atoms with van der Waals surface area (Å²) in [6.45, 7) is 5.71. The minimum atomic E-state index is -3.76. The van der Waals surface area contributed by atoms with Crippen molar-refractivity contribution in [3.63, 3.8) is 0 Å². The molecular formula is C28H34N2O4S2. The van der Waals surface area contributed by atoms with Gasteiger partial charge in [-0.2, -0.15) is 4.31 Å². The summed E-state index contributed by atoms with van der Waals surface area (Å²) >= 11 is 0. The van der Waals surface area contributed by atoms with Crippen LogP contribution in [0.2, 0.25) is 0 Å². The maximum atomic E-state index is 13.6. The second-order valence-corrected chi connectivity index (χ2v) is 13.6. The van der Waals surface area contributed by atoms with Gasteiger partial charge in [0.1, 0.15) is 0 Å². The highest BCUT2D eigenvalue weighted by atomic mass is 32.2. The molecule has 0 N–H and O–H groups in total. The van der Waals surface area contributed by atoms with Gasteiger partial charge >= 0.3 is 0 Å². The lowest BCUT2D eigenvalue weighted by Gasteiger charge is -2.37. The van der Waals surface area contributed by atoms with Gasteiger partial charge in [0.05, 0.1) is 15.5 Å². The predicted molar refractivity (Wildman–Crippen MR) is 143 cm³/mol. The van der Waals surface area contributed by atoms with E-state index >= 15 is 0 Å². The Bertz CT molecular complexity index is 1370. The number of nitrogens with zero attached hydrogens (tertiary/aromatic N) is 2. The lowest BCUT2D eigenvalue weighted by atomic mass is 10.1. The summed E-state index contributed by atoms with van der Waals surface area (Å²) in [6, 6.07) is 22.9. The quantitative estimate of drug-likeness (QED) is 0.455. The second kappa shape index (κ2) is 11.3. The molecule has 1 atom stereocenters. The van der Waals surface area contributed by atoms with Crippen molar-refractivity contribution >= 4 is 19.9 Å². The average molecular weight is 527 g/mol. The monoisotopic (exact) mass is 526 g/mol. The van der Waals surface area contributed by atoms with Crippen LogP contribution >= 0.6 is 0 Å². The Labute approximate surface area is 215 Å². The number of hydrogen-bond acceptors (Lipinski definition) is 5. The van der Waals surface area contributed by atoms with Crippen molar-refractivity contribution in [3.8, 4) is 0 Å². The number of aryl methyl sites for hydroxylation is 2. The molecule has 1 aliphatic rings. The van der Waals surface area contributed by atoms with Gasteiger partial charge in [0.15, 0.2) is 9.84 Å². The van der Waals surface area contributed by atoms with Gasteiger partial charge in [-0.25, -0.2) is 16.8 Å². The van der Waals surface area contributed by atoms with E-state index in [1.165, 1.54) is 4.31 Å². The van der Waals surface area contributed by atoms with Crippen molar-refractivity contribution in [2.45, 2.75) is 49.1 Å². The number of benzene rings is 3. The lowest BCUT2D eigenvalue weighted by Crippen LogP contribution is -2.51. The molecule has 3 aromatic carbocycles. The molecule has 8 heteroatoms. The van der Waals surface area contributed by atoms with E-state index in [1.807, 2.05) is 32.0 Å². The summed E-state index contributed by atoms with van der Waals surface area (Å²) in [5.74, 6) is -0.150. The molecule has 1 unspecified atom stereocenters. The number of rotatable bonds is 7. The first-order valence-corrected chi connectivity index (χ1v) is 15.4. The smallest absolute Gasteiger partial charge is 0.243 e. The van der Waals surface area contributed by atoms with E-state index in [0.29, 0.717) is 26.1 Å². The fraction of sp³-hybridized carbons (Fsp3) is 0.357. The predicted octanol–water partition coefficient (Wildman–Crippen LogP) is 4.43. The molecule has 0 saturated carbocycles. The molecule has 0 aromatic heterocycles. The van der Waals surface area contributed by atoms with Gasteiger partial charge in [-0.3, -0.25) is 4.90 Å². The van der Waals surface area contributed by atoms with Gasteiger partial charge in [0, 0.05) is 25.7 Å². The summed E-state index contributed by atoms with van der Waals surface area (Å²) in [7, 11) is -7.39. The molecule has 0 radical (unpaired) electrons. The third-order valence-corrected chi connectivity index (χ3v) is 10.4. The van der Waals surface area contributed by atoms with E-state index in [1.54, 1.807) is 54.6 Å². The highest BCUT2D eigenvalue weighted by molar-refractivity contribution is 7.91. The van der Waals surface area contributed by atoms with Gasteiger partial charge in [0.2, 0.25) is 10.0 Å². The van der Waals surface area contributed by atoms with Crippen LogP contribution in [0.3, 0.4) is 0 Å². The van der Waals surface area contributed by atoms with Crippen LogP contribution in [0.15, 0.2) is 88.7 Å². The summed E-state index contributed by atoms with van der Waals surface area (Å²) in [6.07, 6.45) is 1.50. The third kappa shape index (κ3) is 6.42. The normalized spacial score (nSPS) is 18.4. The Balaban J connectivity index is 1.68. The first-order valence-electron chi connectivity index (χ1n) is 12.3. The molecule has 0 aliphatic carbocycles. The largest absolute Gasteiger partial charge is 0.294 e. The van der Waals surface area contributed by atoms with Crippen molar-refractivity contribution in [2.24, 2.45) is 0 Å². The SMILES string of the molecule is Cc1ccc(S(=O)(=O)N2CCCCN(Cc3cccc(C)c3)C(CS(=O)(=O)c3ccccc3)C2)cc1. The molecule has 1 fully saturated rings. The van der Waals surface area contributed by atoms with Crippen LogP contribution in [0, 0.1) is 13.8 Å². The van der Waals surface area contributed by atoms with E-state index in [2.05, 4.69) is 11.0 Å². The maximum Gasteiger partial charge on any atom is 0.243 e. The molecule has 3 aromatic rings. The molecule has 192 valence electrons. The molecule has 36 heavy (non-hydrogen) atoms. The number of hydrogen-bond donors (Lipinski definition) is 0. The van der Waals surface area contributed by atoms with E-state index in [9.17, 15) is 16.8 Å². The van der Waals surface area contributed by atoms with Crippen LogP contribution in [0.1, 0.15) is 29.5 Å². The maximum absolute atomic E-state index is 13.6. The molecule has 0 spiro atoms. The van der Waals surface area contributed by atoms with Crippen LogP contribution in [0.4, 0.5) is 0 Å². The molecule has 6 nitrogen and oxygen atoms in total. The standard InChI is InChI=1S/C28H34N2O4S2/c1-23-13-15-28(16-14-23)36(33,34)30-18-7-6-17-29(20-25-10-8-9-24(2)19-25)26(21-30)22-35(31,32)27-11-4-3-5-12-27/h3-5,8-16,19,26H,6-7,17-18,20-22H2,1-2H3. The summed E-state index contributed by atoms with van der Waals surface area (Å²) in [5, 5.41) is 0. The zero-order valence-corrected chi connectivity index (χ0v) is 22.5. The topological polar surface area (TPSA) is 74.8 Å². The molecular weight excluding hydrogens is 492 g/mol. The van der Waals surface area contributed by atoms with E-state index in [0.717, 1.165) is 23.1 Å². The highest BCUT2D eigenvalue weighted by Crippen LogP contribution is 2.24. The minimum absolute atomic E-state index is 0.119. The molecule has 1 saturated heterocycles. The Kier molecular flexibility index (Phi) is 8.30. The molecule has 1 heterocycles. The number of sulfone groups is 1. The van der Waals surface area contributed by atoms with Gasteiger partial charge < -0.3 is 0 Å². The Hall–Kier alpha value is -2.52. The first-order chi connectivity index (χ1) is 17.1. The fourth-order valence-corrected chi connectivity index (χ4v) is 7.80. The zero-order valence-electron chi connectivity index (χ0n) is 20.9. The Morgan fingerprint density at radius 2 is 1.44 bits per heavy atom. The minimum Gasteiger partial charge on any atom is -0.294 e.